The Morgan fingerprint density at radius 1 is 1.20 bits per heavy atom. The smallest absolute Gasteiger partial charge is 0.276 e. The van der Waals surface area contributed by atoms with E-state index < -0.39 is 4.92 Å². The van der Waals surface area contributed by atoms with Gasteiger partial charge >= 0.3 is 0 Å². The van der Waals surface area contributed by atoms with E-state index in [4.69, 9.17) is 0 Å². The summed E-state index contributed by atoms with van der Waals surface area (Å²) in [4.78, 5) is 22.1. The molecule has 0 aliphatic rings. The van der Waals surface area contributed by atoms with Gasteiger partial charge in [0, 0.05) is 18.0 Å². The first-order valence-corrected chi connectivity index (χ1v) is 7.59. The van der Waals surface area contributed by atoms with Gasteiger partial charge in [-0.25, -0.2) is 5.43 Å². The second-order valence-electron chi connectivity index (χ2n) is 5.16. The first-order valence-electron chi connectivity index (χ1n) is 7.59. The molecule has 7 heteroatoms. The number of amides is 1. The summed E-state index contributed by atoms with van der Waals surface area (Å²) in [7, 11) is 0. The molecule has 25 heavy (non-hydrogen) atoms. The number of nitrogens with one attached hydrogen (secondary N) is 2. The molecule has 0 aliphatic carbocycles. The third-order valence-corrected chi connectivity index (χ3v) is 3.34. The molecular weight excluding hydrogens is 320 g/mol. The lowest BCUT2D eigenvalue weighted by Gasteiger charge is -2.07. The largest absolute Gasteiger partial charge is 0.376 e. The first-order chi connectivity index (χ1) is 12.1. The van der Waals surface area contributed by atoms with Crippen LogP contribution in [-0.4, -0.2) is 23.6 Å². The number of benzene rings is 2. The number of aryl methyl sites for hydroxylation is 1. The zero-order valence-electron chi connectivity index (χ0n) is 13.7. The Balaban J connectivity index is 1.82. The van der Waals surface area contributed by atoms with Crippen LogP contribution in [0.15, 0.2) is 59.7 Å². The van der Waals surface area contributed by atoms with Crippen molar-refractivity contribution in [3.8, 4) is 0 Å². The number of carbonyl (C=O) groups is 1. The third-order valence-electron chi connectivity index (χ3n) is 3.34. The Kier molecular flexibility index (Phi) is 6.41. The van der Waals surface area contributed by atoms with Gasteiger partial charge in [0.2, 0.25) is 0 Å². The van der Waals surface area contributed by atoms with E-state index in [-0.39, 0.29) is 18.1 Å². The fourth-order valence-electron chi connectivity index (χ4n) is 2.08. The zero-order valence-corrected chi connectivity index (χ0v) is 13.7. The lowest BCUT2D eigenvalue weighted by atomic mass is 10.2. The molecule has 0 atom stereocenters. The van der Waals surface area contributed by atoms with E-state index in [0.717, 1.165) is 11.3 Å². The van der Waals surface area contributed by atoms with Gasteiger partial charge in [0.25, 0.3) is 11.6 Å². The van der Waals surface area contributed by atoms with Crippen LogP contribution in [0.5, 0.6) is 0 Å². The predicted molar refractivity (Wildman–Crippen MR) is 98.4 cm³/mol. The summed E-state index contributed by atoms with van der Waals surface area (Å²) in [6.07, 6.45) is 4.44. The number of nitro groups is 1. The number of anilines is 1. The van der Waals surface area contributed by atoms with Crippen LogP contribution in [0.25, 0.3) is 6.08 Å². The molecule has 1 amide bonds. The van der Waals surface area contributed by atoms with E-state index in [9.17, 15) is 14.9 Å². The molecule has 0 unspecified atom stereocenters. The Bertz CT molecular complexity index is 815. The maximum atomic E-state index is 11.7. The Morgan fingerprint density at radius 3 is 2.68 bits per heavy atom. The SMILES string of the molecule is Cc1ccccc1NCC(=O)NN=CC=Cc1ccccc1[N+](=O)[O-]. The van der Waals surface area contributed by atoms with Gasteiger partial charge in [-0.3, -0.25) is 14.9 Å². The summed E-state index contributed by atoms with van der Waals surface area (Å²) < 4.78 is 0. The second-order valence-corrected chi connectivity index (χ2v) is 5.16. The number of hydrogen-bond acceptors (Lipinski definition) is 5. The number of hydrazone groups is 1. The number of nitrogens with zero attached hydrogens (tertiary/aromatic N) is 2. The van der Waals surface area contributed by atoms with E-state index >= 15 is 0 Å². The monoisotopic (exact) mass is 338 g/mol. The average Bonchev–Trinajstić information content (AvgIpc) is 2.61. The summed E-state index contributed by atoms with van der Waals surface area (Å²) >= 11 is 0. The molecule has 0 saturated carbocycles. The molecule has 2 rings (SSSR count). The van der Waals surface area contributed by atoms with Crippen LogP contribution in [-0.2, 0) is 4.79 Å². The minimum atomic E-state index is -0.449. The summed E-state index contributed by atoms with van der Waals surface area (Å²) in [6.45, 7) is 2.04. The van der Waals surface area contributed by atoms with Gasteiger partial charge in [-0.15, -0.1) is 0 Å². The maximum absolute atomic E-state index is 11.7. The number of carbonyl (C=O) groups excluding carboxylic acids is 1. The standard InChI is InChI=1S/C18H18N4O3/c1-14-7-2-4-10-16(14)19-13-18(23)21-20-12-6-9-15-8-3-5-11-17(15)22(24)25/h2-12,19H,13H2,1H3,(H,21,23). The minimum Gasteiger partial charge on any atom is -0.376 e. The Morgan fingerprint density at radius 2 is 1.92 bits per heavy atom. The van der Waals surface area contributed by atoms with Gasteiger partial charge in [0.05, 0.1) is 17.0 Å². The molecular formula is C18H18N4O3. The van der Waals surface area contributed by atoms with Crippen molar-refractivity contribution in [2.75, 3.05) is 11.9 Å². The van der Waals surface area contributed by atoms with E-state index in [1.165, 1.54) is 18.4 Å². The molecule has 0 fully saturated rings. The predicted octanol–water partition coefficient (Wildman–Crippen LogP) is 3.13. The molecule has 2 aromatic carbocycles. The van der Waals surface area contributed by atoms with Crippen LogP contribution >= 0.6 is 0 Å². The average molecular weight is 338 g/mol. The highest BCUT2D eigenvalue weighted by Gasteiger charge is 2.08. The van der Waals surface area contributed by atoms with E-state index in [1.54, 1.807) is 24.3 Å². The number of para-hydroxylation sites is 2. The molecule has 2 aromatic rings. The molecule has 128 valence electrons. The summed E-state index contributed by atoms with van der Waals surface area (Å²) in [6, 6.07) is 14.0. The van der Waals surface area contributed by atoms with Crippen LogP contribution in [0.4, 0.5) is 11.4 Å². The summed E-state index contributed by atoms with van der Waals surface area (Å²) in [5.41, 5.74) is 4.79. The maximum Gasteiger partial charge on any atom is 0.276 e. The summed E-state index contributed by atoms with van der Waals surface area (Å²) in [5, 5.41) is 17.7. The normalized spacial score (nSPS) is 10.9. The minimum absolute atomic E-state index is 0.0126. The van der Waals surface area contributed by atoms with Gasteiger partial charge < -0.3 is 5.32 Å². The van der Waals surface area contributed by atoms with Crippen LogP contribution in [0.3, 0.4) is 0 Å². The van der Waals surface area contributed by atoms with Crippen LogP contribution in [0, 0.1) is 17.0 Å². The Hall–Kier alpha value is -3.48. The lowest BCUT2D eigenvalue weighted by molar-refractivity contribution is -0.385. The highest BCUT2D eigenvalue weighted by atomic mass is 16.6. The molecule has 7 nitrogen and oxygen atoms in total. The van der Waals surface area contributed by atoms with Crippen molar-refractivity contribution in [2.24, 2.45) is 5.10 Å². The number of hydrogen-bond donors (Lipinski definition) is 2. The van der Waals surface area contributed by atoms with Gasteiger partial charge in [-0.1, -0.05) is 30.3 Å². The van der Waals surface area contributed by atoms with Gasteiger partial charge in [0.15, 0.2) is 0 Å². The molecule has 0 spiro atoms. The molecule has 0 bridgehead atoms. The fourth-order valence-corrected chi connectivity index (χ4v) is 2.08. The van der Waals surface area contributed by atoms with Crippen molar-refractivity contribution in [1.82, 2.24) is 5.43 Å². The highest BCUT2D eigenvalue weighted by molar-refractivity contribution is 5.84. The van der Waals surface area contributed by atoms with Gasteiger partial charge in [0.1, 0.15) is 0 Å². The highest BCUT2D eigenvalue weighted by Crippen LogP contribution is 2.18. The van der Waals surface area contributed by atoms with Crippen molar-refractivity contribution in [1.29, 1.82) is 0 Å². The molecule has 0 radical (unpaired) electrons. The van der Waals surface area contributed by atoms with Gasteiger partial charge in [-0.2, -0.15) is 5.10 Å². The van der Waals surface area contributed by atoms with Crippen LogP contribution < -0.4 is 10.7 Å². The number of rotatable bonds is 7. The molecule has 0 aliphatic heterocycles. The van der Waals surface area contributed by atoms with Crippen molar-refractivity contribution < 1.29 is 9.72 Å². The van der Waals surface area contributed by atoms with Crippen molar-refractivity contribution >= 4 is 29.6 Å². The first kappa shape index (κ1) is 17.9. The van der Waals surface area contributed by atoms with E-state index in [1.807, 2.05) is 31.2 Å². The summed E-state index contributed by atoms with van der Waals surface area (Å²) in [5.74, 6) is -0.293. The van der Waals surface area contributed by atoms with Crippen LogP contribution in [0.1, 0.15) is 11.1 Å². The zero-order chi connectivity index (χ0) is 18.1. The van der Waals surface area contributed by atoms with Crippen molar-refractivity contribution in [3.05, 3.63) is 75.8 Å². The topological polar surface area (TPSA) is 96.6 Å². The van der Waals surface area contributed by atoms with Crippen LogP contribution in [0.2, 0.25) is 0 Å². The molecule has 2 N–H and O–H groups in total. The van der Waals surface area contributed by atoms with Gasteiger partial charge in [-0.05, 0) is 36.8 Å². The quantitative estimate of drug-likeness (QED) is 0.460. The van der Waals surface area contributed by atoms with E-state index in [0.29, 0.717) is 5.56 Å². The fraction of sp³-hybridized carbons (Fsp3) is 0.111. The second kappa shape index (κ2) is 8.97. The van der Waals surface area contributed by atoms with E-state index in [2.05, 4.69) is 15.8 Å². The number of allylic oxidation sites excluding steroid dienone is 1. The third kappa shape index (κ3) is 5.58. The van der Waals surface area contributed by atoms with Crippen molar-refractivity contribution in [2.45, 2.75) is 6.92 Å². The number of nitro benzene ring substituents is 1. The lowest BCUT2D eigenvalue weighted by Crippen LogP contribution is -2.25. The van der Waals surface area contributed by atoms with Crippen molar-refractivity contribution in [3.63, 3.8) is 0 Å². The molecule has 0 saturated heterocycles. The molecule has 0 aromatic heterocycles. The Labute approximate surface area is 145 Å². The molecule has 0 heterocycles.